The molecule has 3 atom stereocenters. The Balaban J connectivity index is 1.73. The SMILES string of the molecule is CN1CC[C@]23c4c5cccc4O[C@H]2C2CCC3(CC2)[C@H]1C5. The highest BCUT2D eigenvalue weighted by Gasteiger charge is 2.73. The van der Waals surface area contributed by atoms with E-state index in [0.29, 0.717) is 16.9 Å². The quantitative estimate of drug-likeness (QED) is 0.724. The van der Waals surface area contributed by atoms with Crippen LogP contribution >= 0.6 is 0 Å². The number of likely N-dealkylation sites (tertiary alicyclic amines) is 1. The number of benzene rings is 1. The van der Waals surface area contributed by atoms with Crippen LogP contribution < -0.4 is 4.74 Å². The molecule has 2 heteroatoms. The van der Waals surface area contributed by atoms with E-state index in [1.54, 1.807) is 11.1 Å². The Bertz CT molecular complexity index is 645. The molecule has 0 N–H and O–H groups in total. The Morgan fingerprint density at radius 2 is 2.05 bits per heavy atom. The standard InChI is InChI=1S/C19H23NO/c1-20-10-9-19-16-13-3-2-4-14(16)21-17(19)12-5-7-18(19,8-6-12)15(20)11-13/h2-4,12,15,17H,5-11H2,1H3/t12?,15-,17+,18?,19+/m1/s1. The molecule has 2 nitrogen and oxygen atoms in total. The van der Waals surface area contributed by atoms with Crippen molar-refractivity contribution in [3.05, 3.63) is 29.3 Å². The molecular formula is C19H23NO. The zero-order chi connectivity index (χ0) is 13.8. The van der Waals surface area contributed by atoms with Gasteiger partial charge in [0, 0.05) is 17.0 Å². The highest BCUT2D eigenvalue weighted by molar-refractivity contribution is 5.57. The van der Waals surface area contributed by atoms with Gasteiger partial charge < -0.3 is 9.64 Å². The van der Waals surface area contributed by atoms with Crippen molar-refractivity contribution >= 4 is 0 Å². The maximum absolute atomic E-state index is 6.62. The van der Waals surface area contributed by atoms with Crippen LogP contribution in [0.15, 0.2) is 18.2 Å². The van der Waals surface area contributed by atoms with E-state index >= 15 is 0 Å². The maximum atomic E-state index is 6.62. The molecule has 2 heterocycles. The van der Waals surface area contributed by atoms with E-state index in [1.165, 1.54) is 50.8 Å². The Morgan fingerprint density at radius 1 is 1.19 bits per heavy atom. The van der Waals surface area contributed by atoms with E-state index in [0.717, 1.165) is 12.0 Å². The van der Waals surface area contributed by atoms with E-state index in [4.69, 9.17) is 4.74 Å². The first-order valence-corrected chi connectivity index (χ1v) is 8.76. The maximum Gasteiger partial charge on any atom is 0.123 e. The van der Waals surface area contributed by atoms with Crippen LogP contribution in [0.3, 0.4) is 0 Å². The van der Waals surface area contributed by atoms with Crippen LogP contribution in [0.5, 0.6) is 5.75 Å². The summed E-state index contributed by atoms with van der Waals surface area (Å²) in [6, 6.07) is 7.60. The smallest absolute Gasteiger partial charge is 0.123 e. The third-order valence-corrected chi connectivity index (χ3v) is 7.98. The molecule has 1 saturated heterocycles. The van der Waals surface area contributed by atoms with Gasteiger partial charge in [-0.2, -0.15) is 0 Å². The lowest BCUT2D eigenvalue weighted by molar-refractivity contribution is -0.174. The summed E-state index contributed by atoms with van der Waals surface area (Å²) in [4.78, 5) is 2.68. The summed E-state index contributed by atoms with van der Waals surface area (Å²) >= 11 is 0. The van der Waals surface area contributed by atoms with Gasteiger partial charge in [-0.05, 0) is 75.1 Å². The molecule has 0 amide bonds. The van der Waals surface area contributed by atoms with Crippen molar-refractivity contribution in [3.8, 4) is 5.75 Å². The van der Waals surface area contributed by atoms with Gasteiger partial charge in [0.15, 0.2) is 0 Å². The summed E-state index contributed by atoms with van der Waals surface area (Å²) in [7, 11) is 2.37. The fraction of sp³-hybridized carbons (Fsp3) is 0.684. The summed E-state index contributed by atoms with van der Waals surface area (Å²) in [5.41, 5.74) is 4.14. The van der Waals surface area contributed by atoms with Gasteiger partial charge in [-0.15, -0.1) is 0 Å². The molecule has 7 rings (SSSR count). The Kier molecular flexibility index (Phi) is 1.82. The van der Waals surface area contributed by atoms with E-state index in [1.807, 2.05) is 0 Å². The average molecular weight is 281 g/mol. The predicted octanol–water partition coefficient (Wildman–Crippen LogP) is 3.14. The lowest BCUT2D eigenvalue weighted by Gasteiger charge is -2.69. The van der Waals surface area contributed by atoms with Crippen LogP contribution in [-0.4, -0.2) is 30.6 Å². The largest absolute Gasteiger partial charge is 0.489 e. The van der Waals surface area contributed by atoms with Crippen LogP contribution in [0.25, 0.3) is 0 Å². The van der Waals surface area contributed by atoms with Gasteiger partial charge in [0.1, 0.15) is 11.9 Å². The van der Waals surface area contributed by atoms with Crippen molar-refractivity contribution in [2.75, 3.05) is 13.6 Å². The van der Waals surface area contributed by atoms with Gasteiger partial charge in [-0.1, -0.05) is 12.1 Å². The van der Waals surface area contributed by atoms with Crippen molar-refractivity contribution < 1.29 is 4.74 Å². The number of hydrogen-bond donors (Lipinski definition) is 0. The zero-order valence-corrected chi connectivity index (χ0v) is 12.8. The lowest BCUT2D eigenvalue weighted by Crippen LogP contribution is -2.73. The van der Waals surface area contributed by atoms with Crippen molar-refractivity contribution in [3.63, 3.8) is 0 Å². The third kappa shape index (κ3) is 1.000. The average Bonchev–Trinajstić information content (AvgIpc) is 2.87. The second kappa shape index (κ2) is 3.32. The molecule has 3 saturated carbocycles. The minimum Gasteiger partial charge on any atom is -0.489 e. The van der Waals surface area contributed by atoms with Crippen LogP contribution in [0.2, 0.25) is 0 Å². The highest BCUT2D eigenvalue weighted by atomic mass is 16.5. The van der Waals surface area contributed by atoms with Gasteiger partial charge in [0.2, 0.25) is 0 Å². The Labute approximate surface area is 126 Å². The summed E-state index contributed by atoms with van der Waals surface area (Å²) in [6.45, 7) is 1.26. The number of piperidine rings is 1. The first-order chi connectivity index (χ1) is 10.3. The predicted molar refractivity (Wildman–Crippen MR) is 81.7 cm³/mol. The molecule has 0 unspecified atom stereocenters. The Hall–Kier alpha value is -1.02. The number of nitrogens with zero attached hydrogens (tertiary/aromatic N) is 1. The zero-order valence-electron chi connectivity index (χ0n) is 12.8. The first kappa shape index (κ1) is 11.5. The summed E-state index contributed by atoms with van der Waals surface area (Å²) < 4.78 is 6.62. The minimum atomic E-state index is 0.371. The van der Waals surface area contributed by atoms with Crippen molar-refractivity contribution in [1.82, 2.24) is 4.90 Å². The van der Waals surface area contributed by atoms with Gasteiger partial charge in [-0.25, -0.2) is 0 Å². The summed E-state index contributed by atoms with van der Waals surface area (Å²) in [6.07, 6.45) is 8.77. The van der Waals surface area contributed by atoms with Gasteiger partial charge in [0.05, 0.1) is 0 Å². The van der Waals surface area contributed by atoms with E-state index in [9.17, 15) is 0 Å². The molecule has 21 heavy (non-hydrogen) atoms. The molecule has 2 aliphatic heterocycles. The summed E-state index contributed by atoms with van der Waals surface area (Å²) in [5, 5.41) is 0. The molecule has 2 spiro atoms. The van der Waals surface area contributed by atoms with Gasteiger partial charge in [-0.3, -0.25) is 0 Å². The third-order valence-electron chi connectivity index (χ3n) is 7.98. The molecule has 4 aliphatic carbocycles. The van der Waals surface area contributed by atoms with E-state index in [2.05, 4.69) is 30.1 Å². The van der Waals surface area contributed by atoms with Crippen LogP contribution in [0.4, 0.5) is 0 Å². The van der Waals surface area contributed by atoms with Crippen molar-refractivity contribution in [2.45, 2.75) is 56.1 Å². The van der Waals surface area contributed by atoms with E-state index < -0.39 is 0 Å². The van der Waals surface area contributed by atoms with Crippen LogP contribution in [-0.2, 0) is 11.8 Å². The normalized spacial score (nSPS) is 48.9. The molecule has 1 aromatic carbocycles. The number of ether oxygens (including phenoxy) is 1. The van der Waals surface area contributed by atoms with Crippen molar-refractivity contribution in [2.24, 2.45) is 11.3 Å². The Morgan fingerprint density at radius 3 is 2.90 bits per heavy atom. The molecule has 6 aliphatic rings. The number of fused-ring (bicyclic) bond motifs is 2. The second-order valence-corrected chi connectivity index (χ2v) is 8.24. The molecule has 4 bridgehead atoms. The molecule has 110 valence electrons. The molecule has 0 aromatic heterocycles. The highest BCUT2D eigenvalue weighted by Crippen LogP contribution is 2.73. The minimum absolute atomic E-state index is 0.371. The summed E-state index contributed by atoms with van der Waals surface area (Å²) in [5.74, 6) is 2.06. The van der Waals surface area contributed by atoms with Gasteiger partial charge >= 0.3 is 0 Å². The number of hydrogen-bond acceptors (Lipinski definition) is 2. The van der Waals surface area contributed by atoms with Crippen molar-refractivity contribution in [1.29, 1.82) is 0 Å². The molecular weight excluding hydrogens is 258 g/mol. The second-order valence-electron chi connectivity index (χ2n) is 8.24. The molecule has 4 fully saturated rings. The fourth-order valence-electron chi connectivity index (χ4n) is 7.30. The van der Waals surface area contributed by atoms with Gasteiger partial charge in [0.25, 0.3) is 0 Å². The number of rotatable bonds is 0. The fourth-order valence-corrected chi connectivity index (χ4v) is 7.30. The van der Waals surface area contributed by atoms with Crippen LogP contribution in [0.1, 0.15) is 43.2 Å². The molecule has 0 radical (unpaired) electrons. The first-order valence-electron chi connectivity index (χ1n) is 8.76. The monoisotopic (exact) mass is 281 g/mol. The number of likely N-dealkylation sites (N-methyl/N-ethyl adjacent to an activating group) is 1. The topological polar surface area (TPSA) is 12.5 Å². The van der Waals surface area contributed by atoms with Crippen LogP contribution in [0, 0.1) is 11.3 Å². The molecule has 1 aromatic rings. The van der Waals surface area contributed by atoms with E-state index in [-0.39, 0.29) is 0 Å². The lowest BCUT2D eigenvalue weighted by atomic mass is 9.38.